The number of alkyl halides is 4. The van der Waals surface area contributed by atoms with E-state index in [0.717, 1.165) is 13.3 Å². The van der Waals surface area contributed by atoms with Crippen molar-refractivity contribution >= 4 is 21.9 Å². The second-order valence-electron chi connectivity index (χ2n) is 3.32. The van der Waals surface area contributed by atoms with Crippen LogP contribution in [0.25, 0.3) is 0 Å². The third kappa shape index (κ3) is 4.34. The highest BCUT2D eigenvalue weighted by Gasteiger charge is 2.34. The SMILES string of the molecule is COC(=O)Cc1c(OC(F)(F)F)ncc(CBr)c1F. The minimum Gasteiger partial charge on any atom is -0.469 e. The van der Waals surface area contributed by atoms with Crippen LogP contribution in [0.2, 0.25) is 0 Å². The Kier molecular flexibility index (Phi) is 5.10. The van der Waals surface area contributed by atoms with E-state index in [4.69, 9.17) is 0 Å². The molecule has 0 aliphatic carbocycles. The number of esters is 1. The van der Waals surface area contributed by atoms with E-state index in [9.17, 15) is 22.4 Å². The zero-order valence-electron chi connectivity index (χ0n) is 9.55. The van der Waals surface area contributed by atoms with Gasteiger partial charge in [-0.2, -0.15) is 0 Å². The van der Waals surface area contributed by atoms with Gasteiger partial charge in [-0.25, -0.2) is 9.37 Å². The number of rotatable bonds is 4. The van der Waals surface area contributed by atoms with Crippen LogP contribution in [0.15, 0.2) is 6.20 Å². The molecule has 1 aromatic heterocycles. The molecule has 1 rings (SSSR count). The maximum atomic E-state index is 13.9. The molecule has 1 aromatic rings. The van der Waals surface area contributed by atoms with E-state index in [2.05, 4.69) is 30.4 Å². The van der Waals surface area contributed by atoms with E-state index in [1.54, 1.807) is 0 Å². The standard InChI is InChI=1S/C10H8BrF4NO3/c1-18-7(17)2-6-8(12)5(3-11)4-16-9(6)19-10(13,14)15/h4H,2-3H2,1H3. The van der Waals surface area contributed by atoms with E-state index in [-0.39, 0.29) is 10.9 Å². The number of nitrogens with zero attached hydrogens (tertiary/aromatic N) is 1. The Balaban J connectivity index is 3.22. The Bertz CT molecular complexity index is 479. The van der Waals surface area contributed by atoms with Crippen molar-refractivity contribution in [3.05, 3.63) is 23.1 Å². The van der Waals surface area contributed by atoms with E-state index in [0.29, 0.717) is 0 Å². The Morgan fingerprint density at radius 1 is 1.47 bits per heavy atom. The van der Waals surface area contributed by atoms with E-state index in [1.807, 2.05) is 0 Å². The molecule has 106 valence electrons. The zero-order chi connectivity index (χ0) is 14.6. The van der Waals surface area contributed by atoms with Crippen LogP contribution in [-0.2, 0) is 21.3 Å². The number of hydrogen-bond acceptors (Lipinski definition) is 4. The molecule has 0 saturated carbocycles. The molecule has 4 nitrogen and oxygen atoms in total. The lowest BCUT2D eigenvalue weighted by Gasteiger charge is -2.13. The van der Waals surface area contributed by atoms with Gasteiger partial charge in [-0.15, -0.1) is 13.2 Å². The van der Waals surface area contributed by atoms with E-state index in [1.165, 1.54) is 0 Å². The van der Waals surface area contributed by atoms with Crippen LogP contribution in [0.3, 0.4) is 0 Å². The van der Waals surface area contributed by atoms with Gasteiger partial charge >= 0.3 is 12.3 Å². The minimum atomic E-state index is -5.03. The molecule has 0 radical (unpaired) electrons. The van der Waals surface area contributed by atoms with E-state index >= 15 is 0 Å². The normalized spacial score (nSPS) is 11.3. The van der Waals surface area contributed by atoms with Gasteiger partial charge in [0.05, 0.1) is 19.1 Å². The first kappa shape index (κ1) is 15.7. The summed E-state index contributed by atoms with van der Waals surface area (Å²) in [5.74, 6) is -2.89. The van der Waals surface area contributed by atoms with E-state index < -0.39 is 36.0 Å². The molecule has 0 atom stereocenters. The maximum Gasteiger partial charge on any atom is 0.574 e. The van der Waals surface area contributed by atoms with Crippen molar-refractivity contribution in [1.82, 2.24) is 4.98 Å². The first-order valence-corrected chi connectivity index (χ1v) is 5.95. The van der Waals surface area contributed by atoms with Crippen molar-refractivity contribution in [3.63, 3.8) is 0 Å². The summed E-state index contributed by atoms with van der Waals surface area (Å²) in [5.41, 5.74) is -0.588. The summed E-state index contributed by atoms with van der Waals surface area (Å²) in [7, 11) is 1.03. The molecule has 9 heteroatoms. The molecule has 0 aromatic carbocycles. The third-order valence-electron chi connectivity index (χ3n) is 2.05. The summed E-state index contributed by atoms with van der Waals surface area (Å²) in [6.45, 7) is 0. The van der Waals surface area contributed by atoms with Gasteiger partial charge in [-0.05, 0) is 0 Å². The predicted molar refractivity (Wildman–Crippen MR) is 59.2 cm³/mol. The lowest BCUT2D eigenvalue weighted by molar-refractivity contribution is -0.276. The van der Waals surface area contributed by atoms with Gasteiger partial charge in [0.25, 0.3) is 0 Å². The van der Waals surface area contributed by atoms with Gasteiger partial charge < -0.3 is 9.47 Å². The van der Waals surface area contributed by atoms with Gasteiger partial charge in [0.1, 0.15) is 5.82 Å². The average Bonchev–Trinajstić information content (AvgIpc) is 2.32. The largest absolute Gasteiger partial charge is 0.574 e. The molecule has 0 N–H and O–H groups in total. The van der Waals surface area contributed by atoms with Crippen LogP contribution in [0.4, 0.5) is 17.6 Å². The summed E-state index contributed by atoms with van der Waals surface area (Å²) in [6, 6.07) is 0. The fraction of sp³-hybridized carbons (Fsp3) is 0.400. The van der Waals surface area contributed by atoms with Crippen molar-refractivity contribution in [2.45, 2.75) is 18.1 Å². The number of methoxy groups -OCH3 is 1. The lowest BCUT2D eigenvalue weighted by atomic mass is 10.1. The smallest absolute Gasteiger partial charge is 0.469 e. The molecular formula is C10H8BrF4NO3. The molecular weight excluding hydrogens is 338 g/mol. The van der Waals surface area contributed by atoms with Crippen LogP contribution < -0.4 is 4.74 Å². The van der Waals surface area contributed by atoms with Gasteiger partial charge in [0.15, 0.2) is 0 Å². The maximum absolute atomic E-state index is 13.9. The number of halogens is 5. The molecule has 0 spiro atoms. The third-order valence-corrected chi connectivity index (χ3v) is 2.65. The van der Waals surface area contributed by atoms with Crippen LogP contribution in [-0.4, -0.2) is 24.4 Å². The van der Waals surface area contributed by atoms with Crippen molar-refractivity contribution in [1.29, 1.82) is 0 Å². The van der Waals surface area contributed by atoms with Crippen LogP contribution in [0, 0.1) is 5.82 Å². The van der Waals surface area contributed by atoms with Crippen LogP contribution >= 0.6 is 15.9 Å². The second kappa shape index (κ2) is 6.18. The molecule has 0 aliphatic heterocycles. The fourth-order valence-electron chi connectivity index (χ4n) is 1.22. The highest BCUT2D eigenvalue weighted by atomic mass is 79.9. The summed E-state index contributed by atoms with van der Waals surface area (Å²) in [5, 5.41) is 0.0340. The number of carbonyl (C=O) groups excluding carboxylic acids is 1. The van der Waals surface area contributed by atoms with Crippen molar-refractivity contribution < 1.29 is 31.8 Å². The molecule has 0 fully saturated rings. The number of aromatic nitrogens is 1. The first-order valence-electron chi connectivity index (χ1n) is 4.83. The minimum absolute atomic E-state index is 0.00780. The number of hydrogen-bond donors (Lipinski definition) is 0. The average molecular weight is 346 g/mol. The molecule has 0 amide bonds. The van der Waals surface area contributed by atoms with Gasteiger partial charge in [0, 0.05) is 17.1 Å². The number of ether oxygens (including phenoxy) is 2. The summed E-state index contributed by atoms with van der Waals surface area (Å²) >= 11 is 2.95. The van der Waals surface area contributed by atoms with Gasteiger partial charge in [-0.3, -0.25) is 4.79 Å². The van der Waals surface area contributed by atoms with Gasteiger partial charge in [0.2, 0.25) is 5.88 Å². The quantitative estimate of drug-likeness (QED) is 0.478. The van der Waals surface area contributed by atoms with Crippen molar-refractivity contribution in [2.24, 2.45) is 0 Å². The van der Waals surface area contributed by atoms with Gasteiger partial charge in [-0.1, -0.05) is 15.9 Å². The monoisotopic (exact) mass is 345 g/mol. The Morgan fingerprint density at radius 2 is 2.11 bits per heavy atom. The fourth-order valence-corrected chi connectivity index (χ4v) is 1.61. The second-order valence-corrected chi connectivity index (χ2v) is 3.88. The highest BCUT2D eigenvalue weighted by Crippen LogP contribution is 2.28. The highest BCUT2D eigenvalue weighted by molar-refractivity contribution is 9.08. The first-order chi connectivity index (χ1) is 8.78. The molecule has 0 unspecified atom stereocenters. The molecule has 0 saturated heterocycles. The molecule has 19 heavy (non-hydrogen) atoms. The lowest BCUT2D eigenvalue weighted by Crippen LogP contribution is -2.21. The predicted octanol–water partition coefficient (Wildman–Crippen LogP) is 2.73. The summed E-state index contributed by atoms with van der Waals surface area (Å²) < 4.78 is 58.2. The number of pyridine rings is 1. The zero-order valence-corrected chi connectivity index (χ0v) is 11.1. The number of carbonyl (C=O) groups is 1. The molecule has 1 heterocycles. The Morgan fingerprint density at radius 3 is 2.58 bits per heavy atom. The Hall–Kier alpha value is -1.38. The molecule has 0 bridgehead atoms. The molecule has 0 aliphatic rings. The van der Waals surface area contributed by atoms with Crippen LogP contribution in [0.5, 0.6) is 5.88 Å². The Labute approximate surface area is 113 Å². The topological polar surface area (TPSA) is 48.4 Å². The van der Waals surface area contributed by atoms with Crippen LogP contribution in [0.1, 0.15) is 11.1 Å². The summed E-state index contributed by atoms with van der Waals surface area (Å²) in [4.78, 5) is 14.4. The van der Waals surface area contributed by atoms with Crippen molar-refractivity contribution in [2.75, 3.05) is 7.11 Å². The van der Waals surface area contributed by atoms with Crippen molar-refractivity contribution in [3.8, 4) is 5.88 Å². The summed E-state index contributed by atoms with van der Waals surface area (Å²) in [6.07, 6.45) is -4.84.